The molecule has 5 heteroatoms. The predicted octanol–water partition coefficient (Wildman–Crippen LogP) is 4.56. The summed E-state index contributed by atoms with van der Waals surface area (Å²) < 4.78 is 5.20. The van der Waals surface area contributed by atoms with Crippen LogP contribution in [0.2, 0.25) is 0 Å². The number of β-amino-alcohol motifs (C(OH)–C–C–N with tert-alkyl or cyclic N) is 1. The minimum atomic E-state index is -1.21. The summed E-state index contributed by atoms with van der Waals surface area (Å²) in [4.78, 5) is 13.9. The number of aliphatic carboxylic acids is 1. The van der Waals surface area contributed by atoms with Gasteiger partial charge in [-0.3, -0.25) is 9.69 Å². The Labute approximate surface area is 194 Å². The fraction of sp³-hybridized carbons (Fsp3) is 0.250. The van der Waals surface area contributed by atoms with E-state index in [1.807, 2.05) is 53.4 Å². The summed E-state index contributed by atoms with van der Waals surface area (Å²) in [6, 6.07) is 26.8. The number of rotatable bonds is 8. The average molecular weight is 444 g/mol. The van der Waals surface area contributed by atoms with Crippen molar-refractivity contribution in [1.82, 2.24) is 4.90 Å². The lowest BCUT2D eigenvalue weighted by atomic mass is 9.91. The molecular formula is C28H29NO4. The molecule has 0 spiro atoms. The Morgan fingerprint density at radius 3 is 2.09 bits per heavy atom. The van der Waals surface area contributed by atoms with Crippen LogP contribution in [0.3, 0.4) is 0 Å². The second kappa shape index (κ2) is 10.0. The van der Waals surface area contributed by atoms with Crippen LogP contribution in [0.25, 0.3) is 5.57 Å². The van der Waals surface area contributed by atoms with Crippen LogP contribution < -0.4 is 4.74 Å². The first-order chi connectivity index (χ1) is 16.0. The number of ether oxygens (including phenoxy) is 1. The molecule has 4 rings (SSSR count). The molecule has 1 fully saturated rings. The molecule has 0 saturated carbocycles. The van der Waals surface area contributed by atoms with Crippen molar-refractivity contribution in [2.24, 2.45) is 0 Å². The van der Waals surface area contributed by atoms with E-state index in [0.717, 1.165) is 16.7 Å². The van der Waals surface area contributed by atoms with Crippen molar-refractivity contribution in [3.8, 4) is 5.75 Å². The molecule has 1 saturated heterocycles. The van der Waals surface area contributed by atoms with Crippen molar-refractivity contribution in [2.75, 3.05) is 20.2 Å². The van der Waals surface area contributed by atoms with E-state index in [1.54, 1.807) is 19.2 Å². The van der Waals surface area contributed by atoms with Gasteiger partial charge >= 0.3 is 5.97 Å². The van der Waals surface area contributed by atoms with E-state index < -0.39 is 17.6 Å². The van der Waals surface area contributed by atoms with Gasteiger partial charge in [-0.15, -0.1) is 0 Å². The van der Waals surface area contributed by atoms with Crippen molar-refractivity contribution in [3.63, 3.8) is 0 Å². The zero-order valence-corrected chi connectivity index (χ0v) is 18.7. The van der Waals surface area contributed by atoms with Crippen molar-refractivity contribution < 1.29 is 19.7 Å². The van der Waals surface area contributed by atoms with Gasteiger partial charge in [0.05, 0.1) is 7.11 Å². The minimum absolute atomic E-state index is 0.155. The molecule has 5 nitrogen and oxygen atoms in total. The van der Waals surface area contributed by atoms with E-state index in [0.29, 0.717) is 24.3 Å². The Hall–Kier alpha value is -3.41. The molecule has 0 radical (unpaired) electrons. The van der Waals surface area contributed by atoms with E-state index >= 15 is 0 Å². The van der Waals surface area contributed by atoms with Crippen molar-refractivity contribution in [1.29, 1.82) is 0 Å². The third-order valence-electron chi connectivity index (χ3n) is 6.28. The lowest BCUT2D eigenvalue weighted by Crippen LogP contribution is -2.36. The van der Waals surface area contributed by atoms with E-state index in [9.17, 15) is 15.0 Å². The van der Waals surface area contributed by atoms with Gasteiger partial charge in [0, 0.05) is 19.5 Å². The highest BCUT2D eigenvalue weighted by molar-refractivity contribution is 5.79. The van der Waals surface area contributed by atoms with Gasteiger partial charge in [0.2, 0.25) is 0 Å². The smallest absolute Gasteiger partial charge is 0.321 e. The first kappa shape index (κ1) is 22.8. The van der Waals surface area contributed by atoms with Gasteiger partial charge in [-0.25, -0.2) is 0 Å². The predicted molar refractivity (Wildman–Crippen MR) is 129 cm³/mol. The van der Waals surface area contributed by atoms with E-state index in [2.05, 4.69) is 30.3 Å². The van der Waals surface area contributed by atoms with Gasteiger partial charge in [0.15, 0.2) is 0 Å². The molecule has 2 atom stereocenters. The minimum Gasteiger partial charge on any atom is -0.497 e. The standard InChI is InChI=1S/C28H29NO4/c1-33-24-16-14-23(15-17-24)28(32)19-26(27(30)31)29(20-28)18-8-13-25(21-9-4-2-5-10-21)22-11-6-3-7-12-22/h2-7,9-17,26,32H,8,18-20H2,1H3,(H,30,31)/t26-,28+/m1/s1. The highest BCUT2D eigenvalue weighted by Gasteiger charge is 2.46. The summed E-state index contributed by atoms with van der Waals surface area (Å²) in [5, 5.41) is 21.1. The van der Waals surface area contributed by atoms with Gasteiger partial charge in [-0.05, 0) is 40.8 Å². The summed E-state index contributed by atoms with van der Waals surface area (Å²) in [6.45, 7) is 0.814. The molecular weight excluding hydrogens is 414 g/mol. The molecule has 0 aromatic heterocycles. The summed E-state index contributed by atoms with van der Waals surface area (Å²) in [7, 11) is 1.59. The van der Waals surface area contributed by atoms with Gasteiger partial charge in [0.1, 0.15) is 17.4 Å². The molecule has 0 bridgehead atoms. The van der Waals surface area contributed by atoms with Crippen molar-refractivity contribution in [2.45, 2.75) is 24.5 Å². The van der Waals surface area contributed by atoms with Gasteiger partial charge in [0.25, 0.3) is 0 Å². The topological polar surface area (TPSA) is 70.0 Å². The number of hydrogen-bond acceptors (Lipinski definition) is 4. The van der Waals surface area contributed by atoms with Crippen LogP contribution in [0.1, 0.15) is 29.5 Å². The first-order valence-corrected chi connectivity index (χ1v) is 11.1. The molecule has 1 aliphatic heterocycles. The molecule has 170 valence electrons. The molecule has 1 aliphatic rings. The van der Waals surface area contributed by atoms with Gasteiger partial charge < -0.3 is 14.9 Å². The van der Waals surface area contributed by atoms with Crippen LogP contribution in [-0.2, 0) is 10.4 Å². The fourth-order valence-corrected chi connectivity index (χ4v) is 4.56. The van der Waals surface area contributed by atoms with Gasteiger partial charge in [-0.2, -0.15) is 0 Å². The lowest BCUT2D eigenvalue weighted by Gasteiger charge is -2.24. The molecule has 2 N–H and O–H groups in total. The average Bonchev–Trinajstić information content (AvgIpc) is 3.21. The van der Waals surface area contributed by atoms with Crippen molar-refractivity contribution >= 4 is 11.5 Å². The molecule has 3 aromatic carbocycles. The Morgan fingerprint density at radius 1 is 1.00 bits per heavy atom. The first-order valence-electron chi connectivity index (χ1n) is 11.1. The third-order valence-corrected chi connectivity index (χ3v) is 6.28. The van der Waals surface area contributed by atoms with Crippen LogP contribution in [0.4, 0.5) is 0 Å². The highest BCUT2D eigenvalue weighted by Crippen LogP contribution is 2.37. The quantitative estimate of drug-likeness (QED) is 0.534. The number of hydrogen-bond donors (Lipinski definition) is 2. The molecule has 0 amide bonds. The van der Waals surface area contributed by atoms with Crippen LogP contribution >= 0.6 is 0 Å². The molecule has 0 aliphatic carbocycles. The van der Waals surface area contributed by atoms with Crippen molar-refractivity contribution in [3.05, 3.63) is 108 Å². The maximum Gasteiger partial charge on any atom is 0.321 e. The Kier molecular flexibility index (Phi) is 6.92. The van der Waals surface area contributed by atoms with Crippen LogP contribution in [0.15, 0.2) is 91.0 Å². The normalized spacial score (nSPS) is 20.4. The summed E-state index contributed by atoms with van der Waals surface area (Å²) in [6.07, 6.45) is 2.98. The summed E-state index contributed by atoms with van der Waals surface area (Å²) >= 11 is 0. The number of likely N-dealkylation sites (tertiary alicyclic amines) is 1. The Bertz CT molecular complexity index is 1050. The monoisotopic (exact) mass is 443 g/mol. The number of carboxylic acid groups (broad SMARTS) is 1. The second-order valence-corrected chi connectivity index (χ2v) is 8.43. The molecule has 1 heterocycles. The highest BCUT2D eigenvalue weighted by atomic mass is 16.5. The number of methoxy groups -OCH3 is 1. The second-order valence-electron chi connectivity index (χ2n) is 8.43. The van der Waals surface area contributed by atoms with Gasteiger partial charge in [-0.1, -0.05) is 78.9 Å². The lowest BCUT2D eigenvalue weighted by molar-refractivity contribution is -0.142. The summed E-state index contributed by atoms with van der Waals surface area (Å²) in [5.41, 5.74) is 2.86. The summed E-state index contributed by atoms with van der Waals surface area (Å²) in [5.74, 6) is -0.207. The van der Waals surface area contributed by atoms with Crippen LogP contribution in [-0.4, -0.2) is 47.3 Å². The number of carboxylic acids is 1. The molecule has 0 unspecified atom stereocenters. The SMILES string of the molecule is COc1ccc([C@]2(O)C[C@H](C(=O)O)N(CCC=C(c3ccccc3)c3ccccc3)C2)cc1. The van der Waals surface area contributed by atoms with E-state index in [-0.39, 0.29) is 13.0 Å². The number of benzene rings is 3. The molecule has 33 heavy (non-hydrogen) atoms. The Balaban J connectivity index is 1.54. The number of aliphatic hydroxyl groups is 1. The van der Waals surface area contributed by atoms with Crippen LogP contribution in [0, 0.1) is 0 Å². The van der Waals surface area contributed by atoms with E-state index in [1.165, 1.54) is 0 Å². The number of nitrogens with zero attached hydrogens (tertiary/aromatic N) is 1. The largest absolute Gasteiger partial charge is 0.497 e. The zero-order chi connectivity index (χ0) is 23.3. The zero-order valence-electron chi connectivity index (χ0n) is 18.7. The fourth-order valence-electron chi connectivity index (χ4n) is 4.56. The van der Waals surface area contributed by atoms with Crippen LogP contribution in [0.5, 0.6) is 5.75 Å². The maximum atomic E-state index is 12.0. The van der Waals surface area contributed by atoms with E-state index in [4.69, 9.17) is 4.74 Å². The Morgan fingerprint density at radius 2 is 1.58 bits per heavy atom. The number of carbonyl (C=O) groups is 1. The molecule has 3 aromatic rings. The maximum absolute atomic E-state index is 12.0. The third kappa shape index (κ3) is 5.16.